The first-order chi connectivity index (χ1) is 7.50. The van der Waals surface area contributed by atoms with Crippen LogP contribution in [-0.2, 0) is 6.54 Å². The first-order valence-corrected chi connectivity index (χ1v) is 5.27. The lowest BCUT2D eigenvalue weighted by molar-refractivity contribution is -0.380. The van der Waals surface area contributed by atoms with Crippen molar-refractivity contribution in [2.24, 2.45) is 0 Å². The molecular formula is C8H10F2N2O3S. The van der Waals surface area contributed by atoms with Crippen LogP contribution < -0.4 is 5.32 Å². The van der Waals surface area contributed by atoms with Gasteiger partial charge in [-0.1, -0.05) is 11.3 Å². The van der Waals surface area contributed by atoms with E-state index in [0.717, 1.165) is 11.3 Å². The van der Waals surface area contributed by atoms with Crippen molar-refractivity contribution >= 4 is 16.3 Å². The molecule has 0 saturated heterocycles. The normalized spacial score (nSPS) is 13.0. The number of nitrogens with one attached hydrogen (secondary N) is 1. The number of nitrogens with zero attached hydrogens (tertiary/aromatic N) is 1. The summed E-state index contributed by atoms with van der Waals surface area (Å²) >= 11 is 0.973. The molecule has 0 aliphatic rings. The fourth-order valence-corrected chi connectivity index (χ4v) is 1.73. The molecule has 1 heterocycles. The van der Waals surface area contributed by atoms with Crippen LogP contribution in [-0.4, -0.2) is 29.1 Å². The fraction of sp³-hybridized carbons (Fsp3) is 0.500. The molecule has 0 amide bonds. The van der Waals surface area contributed by atoms with Gasteiger partial charge in [0.05, 0.1) is 4.92 Å². The molecule has 8 heteroatoms. The molecular weight excluding hydrogens is 242 g/mol. The summed E-state index contributed by atoms with van der Waals surface area (Å²) < 4.78 is 23.8. The molecule has 0 aromatic carbocycles. The second-order valence-electron chi connectivity index (χ2n) is 3.08. The fourth-order valence-electron chi connectivity index (χ4n) is 1.00. The summed E-state index contributed by atoms with van der Waals surface area (Å²) in [5, 5.41) is 23.3. The average Bonchev–Trinajstić information content (AvgIpc) is 2.66. The lowest BCUT2D eigenvalue weighted by atomic mass is 10.3. The van der Waals surface area contributed by atoms with Crippen LogP contribution in [0.5, 0.6) is 0 Å². The molecule has 1 rings (SSSR count). The number of hydrogen-bond acceptors (Lipinski definition) is 5. The molecule has 0 bridgehead atoms. The topological polar surface area (TPSA) is 75.4 Å². The van der Waals surface area contributed by atoms with E-state index in [9.17, 15) is 18.9 Å². The predicted molar refractivity (Wildman–Crippen MR) is 54.7 cm³/mol. The molecule has 0 aliphatic heterocycles. The highest BCUT2D eigenvalue weighted by Gasteiger charge is 2.16. The van der Waals surface area contributed by atoms with Crippen molar-refractivity contribution in [1.29, 1.82) is 0 Å². The Kier molecular flexibility index (Phi) is 4.71. The van der Waals surface area contributed by atoms with Gasteiger partial charge in [0.1, 0.15) is 6.10 Å². The van der Waals surface area contributed by atoms with Crippen molar-refractivity contribution in [3.05, 3.63) is 27.1 Å². The van der Waals surface area contributed by atoms with E-state index in [1.807, 2.05) is 0 Å². The number of hydrogen-bond donors (Lipinski definition) is 2. The molecule has 1 aromatic rings. The second kappa shape index (κ2) is 5.83. The highest BCUT2D eigenvalue weighted by molar-refractivity contribution is 7.13. The zero-order valence-electron chi connectivity index (χ0n) is 8.10. The first-order valence-electron chi connectivity index (χ1n) is 4.39. The van der Waals surface area contributed by atoms with E-state index >= 15 is 0 Å². The van der Waals surface area contributed by atoms with Crippen LogP contribution in [0, 0.1) is 10.1 Å². The number of aliphatic hydroxyl groups excluding tert-OH is 1. The number of thiophene rings is 1. The molecule has 16 heavy (non-hydrogen) atoms. The third kappa shape index (κ3) is 3.80. The zero-order valence-corrected chi connectivity index (χ0v) is 8.92. The number of nitro groups is 1. The maximum atomic E-state index is 11.9. The van der Waals surface area contributed by atoms with E-state index in [-0.39, 0.29) is 18.1 Å². The van der Waals surface area contributed by atoms with E-state index < -0.39 is 17.5 Å². The second-order valence-corrected chi connectivity index (χ2v) is 3.97. The van der Waals surface area contributed by atoms with Crippen molar-refractivity contribution in [2.75, 3.05) is 6.54 Å². The van der Waals surface area contributed by atoms with Crippen LogP contribution in [0.1, 0.15) is 5.56 Å². The van der Waals surface area contributed by atoms with Crippen molar-refractivity contribution in [3.8, 4) is 0 Å². The Balaban J connectivity index is 2.35. The minimum Gasteiger partial charge on any atom is -0.386 e. The number of halogens is 2. The Hall–Kier alpha value is -1.12. The number of aliphatic hydroxyl groups is 1. The van der Waals surface area contributed by atoms with Gasteiger partial charge in [0.25, 0.3) is 6.43 Å². The molecule has 1 aromatic heterocycles. The Morgan fingerprint density at radius 2 is 2.31 bits per heavy atom. The van der Waals surface area contributed by atoms with Crippen molar-refractivity contribution in [3.63, 3.8) is 0 Å². The lowest BCUT2D eigenvalue weighted by Gasteiger charge is -2.09. The molecule has 90 valence electrons. The molecule has 2 N–H and O–H groups in total. The Labute approximate surface area is 93.9 Å². The van der Waals surface area contributed by atoms with Crippen LogP contribution in [0.15, 0.2) is 11.4 Å². The maximum Gasteiger partial charge on any atom is 0.324 e. The molecule has 0 aliphatic carbocycles. The van der Waals surface area contributed by atoms with Crippen molar-refractivity contribution in [1.82, 2.24) is 5.32 Å². The van der Waals surface area contributed by atoms with E-state index in [1.165, 1.54) is 6.07 Å². The molecule has 1 atom stereocenters. The highest BCUT2D eigenvalue weighted by Crippen LogP contribution is 2.22. The number of rotatable bonds is 6. The standard InChI is InChI=1S/C8H10F2N2O3S/c9-8(10)6(13)3-11-2-5-1-7(12(14)15)16-4-5/h1,4,6,8,11,13H,2-3H2. The quantitative estimate of drug-likeness (QED) is 0.592. The summed E-state index contributed by atoms with van der Waals surface area (Å²) in [5.74, 6) is 0. The van der Waals surface area contributed by atoms with Gasteiger partial charge in [0.15, 0.2) is 0 Å². The van der Waals surface area contributed by atoms with E-state index in [2.05, 4.69) is 5.32 Å². The third-order valence-corrected chi connectivity index (χ3v) is 2.72. The summed E-state index contributed by atoms with van der Waals surface area (Å²) in [6.45, 7) is -0.0323. The summed E-state index contributed by atoms with van der Waals surface area (Å²) in [5.41, 5.74) is 0.637. The van der Waals surface area contributed by atoms with Crippen LogP contribution in [0.4, 0.5) is 13.8 Å². The SMILES string of the molecule is O=[N+]([O-])c1cc(CNCC(O)C(F)F)cs1. The summed E-state index contributed by atoms with van der Waals surface area (Å²) in [7, 11) is 0. The van der Waals surface area contributed by atoms with Crippen LogP contribution in [0.25, 0.3) is 0 Å². The minimum absolute atomic E-state index is 0.00575. The number of alkyl halides is 2. The molecule has 5 nitrogen and oxygen atoms in total. The van der Waals surface area contributed by atoms with Gasteiger partial charge >= 0.3 is 5.00 Å². The molecule has 0 radical (unpaired) electrons. The van der Waals surface area contributed by atoms with Gasteiger partial charge in [-0.15, -0.1) is 0 Å². The third-order valence-electron chi connectivity index (χ3n) is 1.79. The van der Waals surface area contributed by atoms with Gasteiger partial charge in [0.2, 0.25) is 0 Å². The van der Waals surface area contributed by atoms with Gasteiger partial charge in [-0.25, -0.2) is 8.78 Å². The van der Waals surface area contributed by atoms with E-state index in [0.29, 0.717) is 5.56 Å². The average molecular weight is 252 g/mol. The van der Waals surface area contributed by atoms with Crippen LogP contribution in [0.2, 0.25) is 0 Å². The summed E-state index contributed by atoms with van der Waals surface area (Å²) in [4.78, 5) is 9.83. The van der Waals surface area contributed by atoms with Crippen LogP contribution in [0.3, 0.4) is 0 Å². The van der Waals surface area contributed by atoms with Gasteiger partial charge in [-0.3, -0.25) is 10.1 Å². The van der Waals surface area contributed by atoms with Gasteiger partial charge in [0, 0.05) is 24.5 Å². The van der Waals surface area contributed by atoms with Crippen molar-refractivity contribution in [2.45, 2.75) is 19.1 Å². The van der Waals surface area contributed by atoms with Crippen molar-refractivity contribution < 1.29 is 18.8 Å². The van der Waals surface area contributed by atoms with Gasteiger partial charge in [-0.05, 0) is 5.56 Å². The Morgan fingerprint density at radius 3 is 2.81 bits per heavy atom. The lowest BCUT2D eigenvalue weighted by Crippen LogP contribution is -2.31. The van der Waals surface area contributed by atoms with Gasteiger partial charge in [-0.2, -0.15) is 0 Å². The first kappa shape index (κ1) is 12.9. The highest BCUT2D eigenvalue weighted by atomic mass is 32.1. The predicted octanol–water partition coefficient (Wildman–Crippen LogP) is 1.37. The Morgan fingerprint density at radius 1 is 1.62 bits per heavy atom. The van der Waals surface area contributed by atoms with E-state index in [1.54, 1.807) is 5.38 Å². The summed E-state index contributed by atoms with van der Waals surface area (Å²) in [6, 6.07) is 1.37. The largest absolute Gasteiger partial charge is 0.386 e. The van der Waals surface area contributed by atoms with Gasteiger partial charge < -0.3 is 10.4 Å². The molecule has 1 unspecified atom stereocenters. The molecule has 0 fully saturated rings. The zero-order chi connectivity index (χ0) is 12.1. The van der Waals surface area contributed by atoms with Crippen LogP contribution >= 0.6 is 11.3 Å². The smallest absolute Gasteiger partial charge is 0.324 e. The molecule has 0 spiro atoms. The van der Waals surface area contributed by atoms with E-state index in [4.69, 9.17) is 5.11 Å². The Bertz CT molecular complexity index is 359. The summed E-state index contributed by atoms with van der Waals surface area (Å²) in [6.07, 6.45) is -4.50. The molecule has 0 saturated carbocycles. The maximum absolute atomic E-state index is 11.9. The minimum atomic E-state index is -2.79. The monoisotopic (exact) mass is 252 g/mol.